The van der Waals surface area contributed by atoms with E-state index in [0.29, 0.717) is 6.07 Å². The first-order valence-corrected chi connectivity index (χ1v) is 9.75. The molecular weight excluding hydrogens is 447 g/mol. The summed E-state index contributed by atoms with van der Waals surface area (Å²) in [4.78, 5) is 11.7. The van der Waals surface area contributed by atoms with Crippen molar-refractivity contribution in [2.75, 3.05) is 33.2 Å². The van der Waals surface area contributed by atoms with Gasteiger partial charge in [-0.1, -0.05) is 6.07 Å². The molecule has 0 heterocycles. The SMILES string of the molecule is COC(=O)c1cc(OC)c(OC)c(OC)c1NS(=O)(=O)c1cccc(OC(F)(F)F)c1. The van der Waals surface area contributed by atoms with Crippen molar-refractivity contribution in [2.45, 2.75) is 11.3 Å². The summed E-state index contributed by atoms with van der Waals surface area (Å²) >= 11 is 0. The minimum absolute atomic E-state index is 0.0375. The van der Waals surface area contributed by atoms with Gasteiger partial charge in [-0.3, -0.25) is 4.72 Å². The number of esters is 1. The number of hydrogen-bond acceptors (Lipinski definition) is 8. The van der Waals surface area contributed by atoms with Crippen LogP contribution < -0.4 is 23.7 Å². The molecule has 170 valence electrons. The van der Waals surface area contributed by atoms with Gasteiger partial charge in [0, 0.05) is 12.1 Å². The molecule has 0 aliphatic rings. The van der Waals surface area contributed by atoms with Crippen LogP contribution in [0, 0.1) is 0 Å². The normalized spacial score (nSPS) is 11.5. The summed E-state index contributed by atoms with van der Waals surface area (Å²) in [5, 5.41) is 0. The number of benzene rings is 2. The Hall–Kier alpha value is -3.35. The van der Waals surface area contributed by atoms with E-state index >= 15 is 0 Å². The zero-order valence-corrected chi connectivity index (χ0v) is 17.5. The van der Waals surface area contributed by atoms with Crippen LogP contribution in [0.3, 0.4) is 0 Å². The van der Waals surface area contributed by atoms with Crippen LogP contribution in [0.1, 0.15) is 10.4 Å². The van der Waals surface area contributed by atoms with E-state index in [2.05, 4.69) is 14.2 Å². The Morgan fingerprint density at radius 3 is 2.13 bits per heavy atom. The summed E-state index contributed by atoms with van der Waals surface area (Å²) in [7, 11) is 0.290. The van der Waals surface area contributed by atoms with Gasteiger partial charge in [0.15, 0.2) is 11.5 Å². The Bertz CT molecular complexity index is 1070. The molecule has 0 saturated heterocycles. The Morgan fingerprint density at radius 1 is 0.968 bits per heavy atom. The molecule has 13 heteroatoms. The minimum Gasteiger partial charge on any atom is -0.493 e. The zero-order chi connectivity index (χ0) is 23.4. The largest absolute Gasteiger partial charge is 0.573 e. The van der Waals surface area contributed by atoms with E-state index < -0.39 is 33.0 Å². The van der Waals surface area contributed by atoms with Crippen LogP contribution in [0.5, 0.6) is 23.0 Å². The second-order valence-corrected chi connectivity index (χ2v) is 7.37. The first-order chi connectivity index (χ1) is 14.5. The van der Waals surface area contributed by atoms with Crippen LogP contribution >= 0.6 is 0 Å². The van der Waals surface area contributed by atoms with Gasteiger partial charge in [-0.15, -0.1) is 13.2 Å². The molecule has 0 saturated carbocycles. The van der Waals surface area contributed by atoms with Crippen molar-refractivity contribution in [3.8, 4) is 23.0 Å². The summed E-state index contributed by atoms with van der Waals surface area (Å²) in [6, 6.07) is 4.86. The smallest absolute Gasteiger partial charge is 0.493 e. The third-order valence-corrected chi connectivity index (χ3v) is 5.17. The number of sulfonamides is 1. The van der Waals surface area contributed by atoms with E-state index in [-0.39, 0.29) is 28.5 Å². The van der Waals surface area contributed by atoms with Crippen molar-refractivity contribution in [3.63, 3.8) is 0 Å². The summed E-state index contributed by atoms with van der Waals surface area (Å²) in [6.45, 7) is 0. The fourth-order valence-electron chi connectivity index (χ4n) is 2.56. The van der Waals surface area contributed by atoms with Crippen LogP contribution in [0.4, 0.5) is 18.9 Å². The first kappa shape index (κ1) is 23.9. The van der Waals surface area contributed by atoms with Gasteiger partial charge in [0.1, 0.15) is 11.4 Å². The summed E-state index contributed by atoms with van der Waals surface area (Å²) in [5.41, 5.74) is -0.655. The Balaban J connectivity index is 2.63. The van der Waals surface area contributed by atoms with Crippen molar-refractivity contribution in [1.82, 2.24) is 0 Å². The maximum atomic E-state index is 12.9. The van der Waals surface area contributed by atoms with Gasteiger partial charge in [-0.2, -0.15) is 0 Å². The molecule has 2 aromatic carbocycles. The maximum absolute atomic E-state index is 12.9. The van der Waals surface area contributed by atoms with Gasteiger partial charge in [0.25, 0.3) is 10.0 Å². The molecule has 0 unspecified atom stereocenters. The first-order valence-electron chi connectivity index (χ1n) is 8.27. The van der Waals surface area contributed by atoms with Gasteiger partial charge in [-0.25, -0.2) is 13.2 Å². The second-order valence-electron chi connectivity index (χ2n) is 5.69. The fourth-order valence-corrected chi connectivity index (χ4v) is 3.68. The van der Waals surface area contributed by atoms with Gasteiger partial charge < -0.3 is 23.7 Å². The standard InChI is InChI=1S/C18H18F3NO8S/c1-26-13-9-12(17(23)29-4)14(16(28-3)15(13)27-2)22-31(24,25)11-7-5-6-10(8-11)30-18(19,20)21/h5-9,22H,1-4H3. The number of anilines is 1. The highest BCUT2D eigenvalue weighted by Crippen LogP contribution is 2.46. The minimum atomic E-state index is -5.01. The number of carbonyl (C=O) groups is 1. The number of alkyl halides is 3. The van der Waals surface area contributed by atoms with E-state index in [1.165, 1.54) is 21.3 Å². The van der Waals surface area contributed by atoms with Gasteiger partial charge in [0.2, 0.25) is 5.75 Å². The Labute approximate surface area is 175 Å². The highest BCUT2D eigenvalue weighted by Gasteiger charge is 2.32. The molecule has 0 atom stereocenters. The number of methoxy groups -OCH3 is 4. The lowest BCUT2D eigenvalue weighted by Gasteiger charge is -2.20. The Kier molecular flexibility index (Phi) is 7.10. The fraction of sp³-hybridized carbons (Fsp3) is 0.278. The van der Waals surface area contributed by atoms with Crippen molar-refractivity contribution in [2.24, 2.45) is 0 Å². The molecule has 0 aromatic heterocycles. The van der Waals surface area contributed by atoms with E-state index in [1.807, 2.05) is 0 Å². The predicted octanol–water partition coefficient (Wildman–Crippen LogP) is 3.20. The average molecular weight is 465 g/mol. The van der Waals surface area contributed by atoms with Crippen molar-refractivity contribution >= 4 is 21.7 Å². The zero-order valence-electron chi connectivity index (χ0n) is 16.7. The lowest BCUT2D eigenvalue weighted by atomic mass is 10.1. The van der Waals surface area contributed by atoms with E-state index in [1.54, 1.807) is 0 Å². The molecular formula is C18H18F3NO8S. The molecule has 0 fully saturated rings. The second kappa shape index (κ2) is 9.20. The predicted molar refractivity (Wildman–Crippen MR) is 101 cm³/mol. The van der Waals surface area contributed by atoms with Crippen LogP contribution in [0.2, 0.25) is 0 Å². The molecule has 2 aromatic rings. The number of nitrogens with one attached hydrogen (secondary N) is 1. The lowest BCUT2D eigenvalue weighted by Crippen LogP contribution is -2.19. The molecule has 0 radical (unpaired) electrons. The van der Waals surface area contributed by atoms with Gasteiger partial charge in [-0.05, 0) is 12.1 Å². The third-order valence-electron chi connectivity index (χ3n) is 3.82. The van der Waals surface area contributed by atoms with Crippen molar-refractivity contribution in [1.29, 1.82) is 0 Å². The van der Waals surface area contributed by atoms with Crippen LogP contribution in [0.25, 0.3) is 0 Å². The molecule has 9 nitrogen and oxygen atoms in total. The van der Waals surface area contributed by atoms with Crippen molar-refractivity contribution < 1.29 is 50.1 Å². The number of hydrogen-bond donors (Lipinski definition) is 1. The van der Waals surface area contributed by atoms with E-state index in [9.17, 15) is 26.4 Å². The summed E-state index contributed by atoms with van der Waals surface area (Å²) in [5.74, 6) is -1.89. The topological polar surface area (TPSA) is 109 Å². The maximum Gasteiger partial charge on any atom is 0.573 e. The lowest BCUT2D eigenvalue weighted by molar-refractivity contribution is -0.274. The molecule has 0 spiro atoms. The molecule has 0 aliphatic carbocycles. The van der Waals surface area contributed by atoms with Crippen LogP contribution in [-0.2, 0) is 14.8 Å². The number of carbonyl (C=O) groups excluding carboxylic acids is 1. The number of halogens is 3. The number of rotatable bonds is 8. The average Bonchev–Trinajstić information content (AvgIpc) is 2.71. The molecule has 2 rings (SSSR count). The highest BCUT2D eigenvalue weighted by molar-refractivity contribution is 7.92. The highest BCUT2D eigenvalue weighted by atomic mass is 32.2. The van der Waals surface area contributed by atoms with Crippen molar-refractivity contribution in [3.05, 3.63) is 35.9 Å². The Morgan fingerprint density at radius 2 is 1.61 bits per heavy atom. The molecule has 0 bridgehead atoms. The number of ether oxygens (including phenoxy) is 5. The molecule has 0 aliphatic heterocycles. The quantitative estimate of drug-likeness (QED) is 0.592. The van der Waals surface area contributed by atoms with E-state index in [0.717, 1.165) is 31.4 Å². The molecule has 1 N–H and O–H groups in total. The summed E-state index contributed by atoms with van der Waals surface area (Å²) in [6.07, 6.45) is -5.01. The van der Waals surface area contributed by atoms with Crippen LogP contribution in [0.15, 0.2) is 35.2 Å². The van der Waals surface area contributed by atoms with E-state index in [4.69, 9.17) is 14.2 Å². The summed E-state index contributed by atoms with van der Waals surface area (Å²) < 4.78 is 89.2. The monoisotopic (exact) mass is 465 g/mol. The third kappa shape index (κ3) is 5.42. The van der Waals surface area contributed by atoms with Crippen LogP contribution in [-0.4, -0.2) is 49.2 Å². The van der Waals surface area contributed by atoms with Gasteiger partial charge >= 0.3 is 12.3 Å². The molecule has 0 amide bonds. The van der Waals surface area contributed by atoms with Gasteiger partial charge in [0.05, 0.1) is 38.9 Å². The molecule has 31 heavy (non-hydrogen) atoms.